The second kappa shape index (κ2) is 16.7. The molecule has 0 aliphatic carbocycles. The molecule has 0 bridgehead atoms. The van der Waals surface area contributed by atoms with Gasteiger partial charge in [0.15, 0.2) is 0 Å². The van der Waals surface area contributed by atoms with Gasteiger partial charge in [-0.25, -0.2) is 0 Å². The van der Waals surface area contributed by atoms with E-state index in [9.17, 15) is 14.7 Å². The van der Waals surface area contributed by atoms with E-state index in [0.717, 1.165) is 19.3 Å². The van der Waals surface area contributed by atoms with Crippen LogP contribution in [-0.2, 0) is 14.3 Å². The molecule has 0 rings (SSSR count). The first-order chi connectivity index (χ1) is 13.3. The number of rotatable bonds is 17. The van der Waals surface area contributed by atoms with Crippen LogP contribution < -0.4 is 16.0 Å². The molecule has 0 radical (unpaired) electrons. The van der Waals surface area contributed by atoms with Gasteiger partial charge in [0.05, 0.1) is 12.7 Å². The molecular formula is C21H43N3O4. The molecule has 0 aliphatic heterocycles. The van der Waals surface area contributed by atoms with Crippen molar-refractivity contribution < 1.29 is 19.4 Å². The van der Waals surface area contributed by atoms with E-state index in [1.165, 1.54) is 0 Å². The zero-order valence-corrected chi connectivity index (χ0v) is 18.6. The van der Waals surface area contributed by atoms with Gasteiger partial charge in [0.2, 0.25) is 11.8 Å². The maximum atomic E-state index is 12.2. The Morgan fingerprint density at radius 1 is 1.00 bits per heavy atom. The van der Waals surface area contributed by atoms with Crippen LogP contribution in [-0.4, -0.2) is 61.4 Å². The zero-order chi connectivity index (χ0) is 21.4. The Morgan fingerprint density at radius 2 is 1.71 bits per heavy atom. The third kappa shape index (κ3) is 15.8. The number of ether oxygens (including phenoxy) is 1. The smallest absolute Gasteiger partial charge is 0.221 e. The maximum Gasteiger partial charge on any atom is 0.221 e. The van der Waals surface area contributed by atoms with Crippen LogP contribution in [0, 0.1) is 5.92 Å². The number of aliphatic hydroxyl groups is 1. The first kappa shape index (κ1) is 26.8. The fourth-order valence-electron chi connectivity index (χ4n) is 2.94. The van der Waals surface area contributed by atoms with Crippen LogP contribution in [0.5, 0.6) is 0 Å². The Bertz CT molecular complexity index is 416. The Labute approximate surface area is 171 Å². The van der Waals surface area contributed by atoms with Gasteiger partial charge < -0.3 is 25.8 Å². The molecule has 28 heavy (non-hydrogen) atoms. The highest BCUT2D eigenvalue weighted by Crippen LogP contribution is 2.10. The molecule has 0 aromatic heterocycles. The van der Waals surface area contributed by atoms with E-state index in [1.807, 2.05) is 34.6 Å². The third-order valence-electron chi connectivity index (χ3n) is 4.38. The van der Waals surface area contributed by atoms with Crippen molar-refractivity contribution in [3.05, 3.63) is 0 Å². The molecule has 166 valence electrons. The van der Waals surface area contributed by atoms with Crippen LogP contribution in [0.3, 0.4) is 0 Å². The van der Waals surface area contributed by atoms with Crippen LogP contribution in [0.25, 0.3) is 0 Å². The Morgan fingerprint density at radius 3 is 2.29 bits per heavy atom. The molecule has 2 unspecified atom stereocenters. The zero-order valence-electron chi connectivity index (χ0n) is 18.6. The Balaban J connectivity index is 4.07. The second-order valence-electron chi connectivity index (χ2n) is 7.99. The van der Waals surface area contributed by atoms with E-state index in [1.54, 1.807) is 0 Å². The summed E-state index contributed by atoms with van der Waals surface area (Å²) in [5, 5.41) is 18.5. The molecule has 2 amide bonds. The minimum Gasteiger partial charge on any atom is -0.396 e. The van der Waals surface area contributed by atoms with Crippen LogP contribution in [0.15, 0.2) is 0 Å². The molecule has 7 nitrogen and oxygen atoms in total. The monoisotopic (exact) mass is 401 g/mol. The lowest BCUT2D eigenvalue weighted by Gasteiger charge is -2.21. The van der Waals surface area contributed by atoms with Gasteiger partial charge in [-0.3, -0.25) is 9.59 Å². The van der Waals surface area contributed by atoms with E-state index in [-0.39, 0.29) is 42.5 Å². The van der Waals surface area contributed by atoms with Crippen molar-refractivity contribution in [3.63, 3.8) is 0 Å². The number of unbranched alkanes of at least 4 members (excludes halogenated alkanes) is 1. The van der Waals surface area contributed by atoms with Crippen molar-refractivity contribution >= 4 is 11.8 Å². The Kier molecular flexibility index (Phi) is 16.0. The van der Waals surface area contributed by atoms with E-state index in [0.29, 0.717) is 39.0 Å². The molecular weight excluding hydrogens is 358 g/mol. The number of carbonyl (C=O) groups excluding carboxylic acids is 2. The van der Waals surface area contributed by atoms with Crippen LogP contribution in [0.1, 0.15) is 73.1 Å². The SMILES string of the molecule is CCNC(=O)CCC(CC(=O)NCCCCC(CO)COC(C)C)NC(C)C. The predicted molar refractivity (Wildman–Crippen MR) is 113 cm³/mol. The van der Waals surface area contributed by atoms with Gasteiger partial charge in [-0.05, 0) is 40.0 Å². The predicted octanol–water partition coefficient (Wildman–Crippen LogP) is 1.98. The summed E-state index contributed by atoms with van der Waals surface area (Å²) in [5.41, 5.74) is 0. The third-order valence-corrected chi connectivity index (χ3v) is 4.38. The van der Waals surface area contributed by atoms with Crippen molar-refractivity contribution in [1.82, 2.24) is 16.0 Å². The van der Waals surface area contributed by atoms with E-state index >= 15 is 0 Å². The lowest BCUT2D eigenvalue weighted by molar-refractivity contribution is -0.123. The number of carbonyl (C=O) groups is 2. The molecule has 0 heterocycles. The van der Waals surface area contributed by atoms with Gasteiger partial charge in [-0.2, -0.15) is 0 Å². The summed E-state index contributed by atoms with van der Waals surface area (Å²) in [6.45, 7) is 11.9. The summed E-state index contributed by atoms with van der Waals surface area (Å²) in [6.07, 6.45) is 4.33. The van der Waals surface area contributed by atoms with Crippen LogP contribution in [0.4, 0.5) is 0 Å². The van der Waals surface area contributed by atoms with Gasteiger partial charge in [0.25, 0.3) is 0 Å². The molecule has 0 aliphatic rings. The Hall–Kier alpha value is -1.18. The van der Waals surface area contributed by atoms with Crippen molar-refractivity contribution in [2.45, 2.75) is 91.3 Å². The summed E-state index contributed by atoms with van der Waals surface area (Å²) in [4.78, 5) is 23.9. The van der Waals surface area contributed by atoms with Crippen molar-refractivity contribution in [2.24, 2.45) is 5.92 Å². The first-order valence-corrected chi connectivity index (χ1v) is 10.8. The number of amides is 2. The molecule has 0 aromatic carbocycles. The molecule has 4 N–H and O–H groups in total. The molecule has 0 aromatic rings. The van der Waals surface area contributed by atoms with E-state index in [4.69, 9.17) is 4.74 Å². The van der Waals surface area contributed by atoms with Gasteiger partial charge in [0.1, 0.15) is 0 Å². The summed E-state index contributed by atoms with van der Waals surface area (Å²) in [5.74, 6) is 0.196. The van der Waals surface area contributed by atoms with Crippen LogP contribution in [0.2, 0.25) is 0 Å². The first-order valence-electron chi connectivity index (χ1n) is 10.8. The summed E-state index contributed by atoms with van der Waals surface area (Å²) in [7, 11) is 0. The minimum atomic E-state index is -0.00504. The maximum absolute atomic E-state index is 12.2. The van der Waals surface area contributed by atoms with E-state index < -0.39 is 0 Å². The second-order valence-corrected chi connectivity index (χ2v) is 7.99. The molecule has 0 spiro atoms. The van der Waals surface area contributed by atoms with Gasteiger partial charge in [-0.15, -0.1) is 0 Å². The number of hydrogen-bond donors (Lipinski definition) is 4. The van der Waals surface area contributed by atoms with Crippen molar-refractivity contribution in [3.8, 4) is 0 Å². The number of hydrogen-bond acceptors (Lipinski definition) is 5. The van der Waals surface area contributed by atoms with Gasteiger partial charge >= 0.3 is 0 Å². The summed E-state index contributed by atoms with van der Waals surface area (Å²) >= 11 is 0. The number of nitrogens with one attached hydrogen (secondary N) is 3. The standard InChI is InChI=1S/C21H43N3O4/c1-6-22-20(26)11-10-19(24-16(2)3)13-21(27)23-12-8-7-9-18(14-25)15-28-17(4)5/h16-19,24-25H,6-15H2,1-5H3,(H,22,26)(H,23,27). The molecule has 0 saturated carbocycles. The topological polar surface area (TPSA) is 99.7 Å². The molecule has 2 atom stereocenters. The summed E-state index contributed by atoms with van der Waals surface area (Å²) in [6, 6.07) is 0.255. The lowest BCUT2D eigenvalue weighted by atomic mass is 10.0. The normalized spacial score (nSPS) is 13.6. The van der Waals surface area contributed by atoms with Crippen molar-refractivity contribution in [1.29, 1.82) is 0 Å². The highest BCUT2D eigenvalue weighted by atomic mass is 16.5. The van der Waals surface area contributed by atoms with Gasteiger partial charge in [-0.1, -0.05) is 20.3 Å². The molecule has 7 heteroatoms. The highest BCUT2D eigenvalue weighted by molar-refractivity contribution is 5.77. The quantitative estimate of drug-likeness (QED) is 0.279. The van der Waals surface area contributed by atoms with Crippen LogP contribution >= 0.6 is 0 Å². The fraction of sp³-hybridized carbons (Fsp3) is 0.905. The minimum absolute atomic E-state index is 0.00504. The number of aliphatic hydroxyl groups excluding tert-OH is 1. The fourth-order valence-corrected chi connectivity index (χ4v) is 2.94. The molecule has 0 fully saturated rings. The average Bonchev–Trinajstić information content (AvgIpc) is 2.61. The van der Waals surface area contributed by atoms with Crippen molar-refractivity contribution in [2.75, 3.05) is 26.3 Å². The summed E-state index contributed by atoms with van der Waals surface area (Å²) < 4.78 is 5.56. The van der Waals surface area contributed by atoms with E-state index in [2.05, 4.69) is 16.0 Å². The average molecular weight is 402 g/mol. The highest BCUT2D eigenvalue weighted by Gasteiger charge is 2.16. The van der Waals surface area contributed by atoms with Gasteiger partial charge in [0, 0.05) is 50.5 Å². The molecule has 0 saturated heterocycles. The largest absolute Gasteiger partial charge is 0.396 e. The lowest BCUT2D eigenvalue weighted by Crippen LogP contribution is -2.40.